The molecule has 1 atom stereocenters. The first-order valence-corrected chi connectivity index (χ1v) is 9.69. The summed E-state index contributed by atoms with van der Waals surface area (Å²) in [6.45, 7) is 9.95. The highest BCUT2D eigenvalue weighted by Crippen LogP contribution is 2.30. The van der Waals surface area contributed by atoms with Crippen molar-refractivity contribution in [2.75, 3.05) is 0 Å². The Balaban J connectivity index is 1.89. The molecule has 1 heteroatoms. The van der Waals surface area contributed by atoms with Crippen LogP contribution in [0.4, 0.5) is 0 Å². The molecule has 0 aromatic heterocycles. The quantitative estimate of drug-likeness (QED) is 0.578. The Morgan fingerprint density at radius 2 is 1.96 bits per heavy atom. The van der Waals surface area contributed by atoms with Crippen LogP contribution in [0.25, 0.3) is 0 Å². The Morgan fingerprint density at radius 3 is 2.76 bits per heavy atom. The second-order valence-electron chi connectivity index (χ2n) is 7.88. The van der Waals surface area contributed by atoms with E-state index in [1.54, 1.807) is 0 Å². The van der Waals surface area contributed by atoms with Gasteiger partial charge in [0, 0.05) is 5.71 Å². The first-order chi connectivity index (χ1) is 12.0. The molecule has 1 aliphatic carbocycles. The molecule has 132 valence electrons. The molecule has 3 rings (SSSR count). The van der Waals surface area contributed by atoms with Crippen LogP contribution in [0.1, 0.15) is 64.5 Å². The number of allylic oxidation sites excluding steroid dienone is 6. The van der Waals surface area contributed by atoms with Gasteiger partial charge < -0.3 is 0 Å². The maximum atomic E-state index is 4.98. The highest BCUT2D eigenvalue weighted by Gasteiger charge is 2.13. The summed E-state index contributed by atoms with van der Waals surface area (Å²) >= 11 is 0. The first-order valence-electron chi connectivity index (χ1n) is 9.69. The summed E-state index contributed by atoms with van der Waals surface area (Å²) in [5.41, 5.74) is 9.84. The fourth-order valence-electron chi connectivity index (χ4n) is 4.18. The van der Waals surface area contributed by atoms with Gasteiger partial charge >= 0.3 is 0 Å². The second-order valence-corrected chi connectivity index (χ2v) is 7.88. The van der Waals surface area contributed by atoms with Gasteiger partial charge in [-0.1, -0.05) is 42.8 Å². The molecule has 0 radical (unpaired) electrons. The molecule has 0 saturated carbocycles. The maximum absolute atomic E-state index is 4.98. The number of hydrogen-bond donors (Lipinski definition) is 0. The minimum Gasteiger partial charge on any atom is -0.285 e. The van der Waals surface area contributed by atoms with E-state index < -0.39 is 0 Å². The minimum absolute atomic E-state index is 0.699. The van der Waals surface area contributed by atoms with Crippen LogP contribution in [0.5, 0.6) is 0 Å². The molecule has 1 aromatic rings. The fourth-order valence-corrected chi connectivity index (χ4v) is 4.18. The lowest BCUT2D eigenvalue weighted by Crippen LogP contribution is -2.07. The molecule has 0 spiro atoms. The van der Waals surface area contributed by atoms with Crippen molar-refractivity contribution >= 4 is 5.71 Å². The van der Waals surface area contributed by atoms with Crippen molar-refractivity contribution in [2.24, 2.45) is 10.9 Å². The SMILES string of the molecule is CC1=CCCC(C)=C1/C(C)=C/C1=NCc2cccc(c2)CC(C)CC1. The molecule has 0 N–H and O–H groups in total. The van der Waals surface area contributed by atoms with E-state index in [1.807, 2.05) is 0 Å². The van der Waals surface area contributed by atoms with Gasteiger partial charge in [0.1, 0.15) is 0 Å². The third-order valence-corrected chi connectivity index (χ3v) is 5.50. The van der Waals surface area contributed by atoms with Crippen molar-refractivity contribution < 1.29 is 0 Å². The van der Waals surface area contributed by atoms with Gasteiger partial charge in [-0.05, 0) is 92.7 Å². The highest BCUT2D eigenvalue weighted by molar-refractivity contribution is 5.96. The van der Waals surface area contributed by atoms with Gasteiger partial charge in [-0.2, -0.15) is 0 Å². The van der Waals surface area contributed by atoms with Crippen molar-refractivity contribution in [2.45, 2.75) is 66.3 Å². The van der Waals surface area contributed by atoms with Gasteiger partial charge in [-0.3, -0.25) is 4.99 Å². The van der Waals surface area contributed by atoms with Crippen LogP contribution in [-0.4, -0.2) is 5.71 Å². The van der Waals surface area contributed by atoms with E-state index in [1.165, 1.54) is 64.8 Å². The summed E-state index contributed by atoms with van der Waals surface area (Å²) in [6.07, 6.45) is 10.6. The molecule has 2 aliphatic rings. The molecule has 2 bridgehead atoms. The van der Waals surface area contributed by atoms with Crippen LogP contribution in [0.15, 0.2) is 63.7 Å². The van der Waals surface area contributed by atoms with Gasteiger partial charge in [0.05, 0.1) is 6.54 Å². The van der Waals surface area contributed by atoms with Gasteiger partial charge in [-0.25, -0.2) is 0 Å². The van der Waals surface area contributed by atoms with Crippen molar-refractivity contribution in [3.8, 4) is 0 Å². The van der Waals surface area contributed by atoms with E-state index >= 15 is 0 Å². The predicted molar refractivity (Wildman–Crippen MR) is 109 cm³/mol. The predicted octanol–water partition coefficient (Wildman–Crippen LogP) is 6.60. The van der Waals surface area contributed by atoms with E-state index in [4.69, 9.17) is 4.99 Å². The number of nitrogens with zero attached hydrogens (tertiary/aromatic N) is 1. The van der Waals surface area contributed by atoms with Crippen LogP contribution in [0.2, 0.25) is 0 Å². The van der Waals surface area contributed by atoms with E-state index in [0.717, 1.165) is 13.0 Å². The van der Waals surface area contributed by atoms with Crippen LogP contribution in [0, 0.1) is 5.92 Å². The Bertz CT molecular complexity index is 758. The molecule has 25 heavy (non-hydrogen) atoms. The summed E-state index contributed by atoms with van der Waals surface area (Å²) < 4.78 is 0. The molecule has 0 amide bonds. The smallest absolute Gasteiger partial charge is 0.0643 e. The summed E-state index contributed by atoms with van der Waals surface area (Å²) in [6, 6.07) is 8.97. The number of fused-ring (bicyclic) bond motifs is 2. The van der Waals surface area contributed by atoms with Crippen molar-refractivity contribution in [1.29, 1.82) is 0 Å². The summed E-state index contributed by atoms with van der Waals surface area (Å²) in [5.74, 6) is 0.699. The lowest BCUT2D eigenvalue weighted by atomic mass is 9.87. The number of rotatable bonds is 2. The lowest BCUT2D eigenvalue weighted by Gasteiger charge is -2.19. The molecule has 1 unspecified atom stereocenters. The zero-order chi connectivity index (χ0) is 17.8. The molecular weight excluding hydrogens is 302 g/mol. The number of hydrogen-bond acceptors (Lipinski definition) is 1. The van der Waals surface area contributed by atoms with E-state index in [0.29, 0.717) is 5.92 Å². The summed E-state index contributed by atoms with van der Waals surface area (Å²) in [7, 11) is 0. The average molecular weight is 334 g/mol. The zero-order valence-electron chi connectivity index (χ0n) is 16.2. The average Bonchev–Trinajstić information content (AvgIpc) is 2.57. The maximum Gasteiger partial charge on any atom is 0.0643 e. The molecule has 1 heterocycles. The van der Waals surface area contributed by atoms with Gasteiger partial charge in [-0.15, -0.1) is 0 Å². The highest BCUT2D eigenvalue weighted by atomic mass is 14.7. The van der Waals surface area contributed by atoms with Crippen molar-refractivity contribution in [3.63, 3.8) is 0 Å². The van der Waals surface area contributed by atoms with E-state index in [2.05, 4.69) is 64.1 Å². The van der Waals surface area contributed by atoms with Crippen molar-refractivity contribution in [3.05, 3.63) is 69.8 Å². The Morgan fingerprint density at radius 1 is 1.16 bits per heavy atom. The number of aliphatic imine (C=N–C) groups is 1. The monoisotopic (exact) mass is 333 g/mol. The molecule has 1 aliphatic heterocycles. The Hall–Kier alpha value is -1.89. The van der Waals surface area contributed by atoms with Gasteiger partial charge in [0.15, 0.2) is 0 Å². The lowest BCUT2D eigenvalue weighted by molar-refractivity contribution is 0.542. The summed E-state index contributed by atoms with van der Waals surface area (Å²) in [4.78, 5) is 4.98. The standard InChI is InChI=1S/C24H31N/c1-17-11-12-23(25-16-22-10-6-9-21(13-17)15-22)14-20(4)24-18(2)7-5-8-19(24)3/h6-7,9-10,14-15,17H,5,8,11-13,16H2,1-4H3/b20-14+,25-23?. The van der Waals surface area contributed by atoms with Crippen LogP contribution < -0.4 is 0 Å². The van der Waals surface area contributed by atoms with Crippen LogP contribution in [0.3, 0.4) is 0 Å². The molecular formula is C24H31N. The zero-order valence-corrected chi connectivity index (χ0v) is 16.2. The Kier molecular flexibility index (Phi) is 5.73. The molecule has 0 fully saturated rings. The first kappa shape index (κ1) is 17.9. The fraction of sp³-hybridized carbons (Fsp3) is 0.458. The second kappa shape index (κ2) is 7.99. The Labute approximate surface area is 153 Å². The van der Waals surface area contributed by atoms with Gasteiger partial charge in [0.25, 0.3) is 0 Å². The topological polar surface area (TPSA) is 12.4 Å². The third kappa shape index (κ3) is 4.60. The third-order valence-electron chi connectivity index (χ3n) is 5.50. The largest absolute Gasteiger partial charge is 0.285 e. The molecule has 1 nitrogen and oxygen atoms in total. The van der Waals surface area contributed by atoms with Crippen LogP contribution >= 0.6 is 0 Å². The van der Waals surface area contributed by atoms with Crippen LogP contribution in [-0.2, 0) is 13.0 Å². The van der Waals surface area contributed by atoms with Gasteiger partial charge in [0.2, 0.25) is 0 Å². The molecule has 1 aromatic carbocycles. The number of benzene rings is 1. The van der Waals surface area contributed by atoms with E-state index in [-0.39, 0.29) is 0 Å². The normalized spacial score (nSPS) is 22.4. The van der Waals surface area contributed by atoms with E-state index in [9.17, 15) is 0 Å². The van der Waals surface area contributed by atoms with Crippen molar-refractivity contribution in [1.82, 2.24) is 0 Å². The summed E-state index contributed by atoms with van der Waals surface area (Å²) in [5, 5.41) is 0. The minimum atomic E-state index is 0.699. The molecule has 0 saturated heterocycles.